The first kappa shape index (κ1) is 31.5. The van der Waals surface area contributed by atoms with Crippen LogP contribution in [0.1, 0.15) is 0 Å². The minimum Gasteiger partial charge on any atom is -0.480 e. The molecule has 1 fully saturated rings. The monoisotopic (exact) mass is 608 g/mol. The average Bonchev–Trinajstić information content (AvgIpc) is 2.68. The number of hydrogen-bond acceptors (Lipinski definition) is 10. The van der Waals surface area contributed by atoms with Crippen molar-refractivity contribution < 1.29 is 85.0 Å². The Labute approximate surface area is 218 Å². The average molecular weight is 608 g/mol. The number of carboxylic acids is 3. The Hall–Kier alpha value is -0.545. The van der Waals surface area contributed by atoms with Gasteiger partial charge in [0.2, 0.25) is 0 Å². The molecule has 6 N–H and O–H groups in total. The van der Waals surface area contributed by atoms with Crippen LogP contribution in [0.4, 0.5) is 0 Å². The Morgan fingerprint density at radius 1 is 0.625 bits per heavy atom. The molecule has 0 spiro atoms. The van der Waals surface area contributed by atoms with Gasteiger partial charge in [0, 0.05) is 92.3 Å². The summed E-state index contributed by atoms with van der Waals surface area (Å²) in [5.74, 6) is -3.10. The van der Waals surface area contributed by atoms with E-state index in [4.69, 9.17) is 5.11 Å². The van der Waals surface area contributed by atoms with E-state index in [2.05, 4.69) is 0 Å². The van der Waals surface area contributed by atoms with Gasteiger partial charge in [-0.05, 0) is 0 Å². The molecule has 0 aromatic heterocycles. The molecule has 32 heavy (non-hydrogen) atoms. The van der Waals surface area contributed by atoms with E-state index in [-0.39, 0.29) is 112 Å². The van der Waals surface area contributed by atoms with Crippen LogP contribution in [0.5, 0.6) is 0 Å². The minimum atomic E-state index is -1.22. The van der Waals surface area contributed by atoms with Crippen LogP contribution in [0.25, 0.3) is 0 Å². The topological polar surface area (TPSA) is 186 Å². The van der Waals surface area contributed by atoms with Crippen molar-refractivity contribution in [2.75, 3.05) is 85.2 Å². The van der Waals surface area contributed by atoms with Crippen LogP contribution >= 0.6 is 0 Å². The van der Waals surface area contributed by atoms with Crippen molar-refractivity contribution in [1.82, 2.24) is 19.6 Å². The van der Waals surface area contributed by atoms with Crippen LogP contribution in [0.15, 0.2) is 0 Å². The second-order valence-electron chi connectivity index (χ2n) is 7.55. The number of nitrogens with zero attached hydrogens (tertiary/aromatic N) is 4. The van der Waals surface area contributed by atoms with Crippen molar-refractivity contribution in [1.29, 1.82) is 0 Å². The first-order chi connectivity index (χ1) is 14.7. The normalized spacial score (nSPS) is 20.3. The van der Waals surface area contributed by atoms with E-state index in [0.717, 1.165) is 0 Å². The maximum atomic E-state index is 11.2. The summed E-state index contributed by atoms with van der Waals surface area (Å²) in [5, 5.41) is 56.6. The number of aliphatic hydroxyl groups excluding tert-OH is 3. The number of carbonyl (C=O) groups is 3. The van der Waals surface area contributed by atoms with Crippen molar-refractivity contribution in [3.8, 4) is 0 Å². The number of aliphatic carboxylic acids is 3. The first-order valence-corrected chi connectivity index (χ1v) is 10.1. The fourth-order valence-electron chi connectivity index (χ4n) is 3.53. The van der Waals surface area contributed by atoms with Gasteiger partial charge in [0.1, 0.15) is 0 Å². The van der Waals surface area contributed by atoms with Gasteiger partial charge in [-0.3, -0.25) is 34.0 Å². The summed E-state index contributed by atoms with van der Waals surface area (Å²) in [7, 11) is 0. The molecule has 188 valence electrons. The number of hydrogen-bond donors (Lipinski definition) is 6. The molecule has 0 unspecified atom stereocenters. The van der Waals surface area contributed by atoms with Crippen molar-refractivity contribution in [3.63, 3.8) is 0 Å². The fraction of sp³-hybridized carbons (Fsp3) is 0.833. The summed E-state index contributed by atoms with van der Waals surface area (Å²) < 4.78 is 0. The zero-order valence-electron chi connectivity index (χ0n) is 17.9. The molecule has 0 aliphatic carbocycles. The predicted molar refractivity (Wildman–Crippen MR) is 108 cm³/mol. The van der Waals surface area contributed by atoms with Gasteiger partial charge in [0.15, 0.2) is 0 Å². The smallest absolute Gasteiger partial charge is 0.317 e. The van der Waals surface area contributed by atoms with Crippen LogP contribution in [-0.2, 0) is 14.4 Å². The molecule has 2 atom stereocenters. The molecule has 0 saturated carbocycles. The van der Waals surface area contributed by atoms with E-state index >= 15 is 0 Å². The molecule has 1 heterocycles. The van der Waals surface area contributed by atoms with Crippen molar-refractivity contribution in [3.05, 3.63) is 0 Å². The van der Waals surface area contributed by atoms with Crippen LogP contribution in [0.2, 0.25) is 0 Å². The Balaban J connectivity index is 0.00000961. The van der Waals surface area contributed by atoms with Crippen LogP contribution in [0.3, 0.4) is 0 Å². The van der Waals surface area contributed by atoms with Gasteiger partial charge in [-0.1, -0.05) is 0 Å². The fourth-order valence-corrected chi connectivity index (χ4v) is 3.53. The zero-order chi connectivity index (χ0) is 23.4. The Morgan fingerprint density at radius 2 is 0.938 bits per heavy atom. The molecule has 0 aromatic carbocycles. The third-order valence-corrected chi connectivity index (χ3v) is 5.24. The van der Waals surface area contributed by atoms with Crippen molar-refractivity contribution in [2.24, 2.45) is 0 Å². The van der Waals surface area contributed by atoms with Gasteiger partial charge in [0.05, 0.1) is 45.0 Å². The first-order valence-electron chi connectivity index (χ1n) is 10.1. The van der Waals surface area contributed by atoms with Crippen LogP contribution in [-0.4, -0.2) is 165 Å². The van der Waals surface area contributed by atoms with E-state index in [1.165, 1.54) is 0 Å². The Kier molecular flexibility index (Phi) is 16.7. The van der Waals surface area contributed by atoms with E-state index in [1.54, 1.807) is 19.6 Å². The summed E-state index contributed by atoms with van der Waals surface area (Å²) in [6, 6.07) is -0.796. The standard InChI is InChI=1S/C18H34N4O9.Gd/c23-12-14(15(25)13-24)22-7-5-20(10-17(28)29)3-1-19(9-16(26)27)2-4-21(6-8-22)11-18(30)31;/h14-15,23-25H,1-13H2,(H,26,27)(H,28,29)(H,30,31);/t14-,15-;/m0./s1. The molecule has 1 aliphatic heterocycles. The third-order valence-electron chi connectivity index (χ3n) is 5.24. The molecular weight excluding hydrogens is 573 g/mol. The van der Waals surface area contributed by atoms with E-state index < -0.39 is 43.3 Å². The molecule has 13 nitrogen and oxygen atoms in total. The molecular formula is C18H34GdN4O9. The van der Waals surface area contributed by atoms with Crippen LogP contribution in [0, 0.1) is 39.9 Å². The Morgan fingerprint density at radius 3 is 1.19 bits per heavy atom. The molecule has 0 aromatic rings. The van der Waals surface area contributed by atoms with Gasteiger partial charge < -0.3 is 30.6 Å². The molecule has 1 rings (SSSR count). The second-order valence-corrected chi connectivity index (χ2v) is 7.55. The SMILES string of the molecule is O=C(O)CN1CCN(CC(=O)O)CCN([C@@H](CO)[C@@H](O)CO)CCN(CC(=O)O)CC1.[Gd]. The summed E-state index contributed by atoms with van der Waals surface area (Å²) in [6.07, 6.45) is -1.22. The molecule has 14 heteroatoms. The van der Waals surface area contributed by atoms with Gasteiger partial charge in [-0.2, -0.15) is 0 Å². The third kappa shape index (κ3) is 12.6. The Bertz CT molecular complexity index is 555. The van der Waals surface area contributed by atoms with Gasteiger partial charge in [-0.15, -0.1) is 0 Å². The molecule has 0 radical (unpaired) electrons. The quantitative estimate of drug-likeness (QED) is 0.142. The van der Waals surface area contributed by atoms with Crippen molar-refractivity contribution >= 4 is 17.9 Å². The molecule has 1 saturated heterocycles. The van der Waals surface area contributed by atoms with Gasteiger partial charge in [-0.25, -0.2) is 0 Å². The van der Waals surface area contributed by atoms with Gasteiger partial charge >= 0.3 is 17.9 Å². The van der Waals surface area contributed by atoms with E-state index in [0.29, 0.717) is 0 Å². The predicted octanol–water partition coefficient (Wildman–Crippen LogP) is -3.82. The maximum absolute atomic E-state index is 11.2. The van der Waals surface area contributed by atoms with E-state index in [9.17, 15) is 39.9 Å². The summed E-state index contributed by atoms with van der Waals surface area (Å²) in [6.45, 7) is 0.396. The molecule has 1 aliphatic rings. The zero-order valence-corrected chi connectivity index (χ0v) is 20.2. The van der Waals surface area contributed by atoms with Crippen LogP contribution < -0.4 is 0 Å². The summed E-state index contributed by atoms with van der Waals surface area (Å²) in [5.41, 5.74) is 0. The number of carboxylic acid groups (broad SMARTS) is 3. The number of aliphatic hydroxyl groups is 3. The number of rotatable bonds is 10. The largest absolute Gasteiger partial charge is 0.480 e. The summed E-state index contributed by atoms with van der Waals surface area (Å²) >= 11 is 0. The summed E-state index contributed by atoms with van der Waals surface area (Å²) in [4.78, 5) is 40.3. The van der Waals surface area contributed by atoms with E-state index in [1.807, 2.05) is 0 Å². The molecule has 0 amide bonds. The maximum Gasteiger partial charge on any atom is 0.317 e. The van der Waals surface area contributed by atoms with Crippen molar-refractivity contribution in [2.45, 2.75) is 12.1 Å². The van der Waals surface area contributed by atoms with Gasteiger partial charge in [0.25, 0.3) is 0 Å². The molecule has 0 bridgehead atoms. The minimum absolute atomic E-state index is 0. The second kappa shape index (κ2) is 17.0.